The Morgan fingerprint density at radius 1 is 1.42 bits per heavy atom. The van der Waals surface area contributed by atoms with Crippen LogP contribution in [0.15, 0.2) is 0 Å². The van der Waals surface area contributed by atoms with Gasteiger partial charge in [-0.1, -0.05) is 6.92 Å². The molecule has 1 unspecified atom stereocenters. The van der Waals surface area contributed by atoms with Crippen molar-refractivity contribution in [3.63, 3.8) is 0 Å². The first-order valence-electron chi connectivity index (χ1n) is 6.06. The summed E-state index contributed by atoms with van der Waals surface area (Å²) in [5, 5.41) is 2.87. The molecular weight excluding hydrogens is 248 g/mol. The topological polar surface area (TPSA) is 106 Å². The van der Waals surface area contributed by atoms with Crippen molar-refractivity contribution in [1.82, 2.24) is 19.9 Å². The van der Waals surface area contributed by atoms with E-state index in [1.54, 1.807) is 21.0 Å². The maximum absolute atomic E-state index is 11.7. The molecule has 1 aromatic heterocycles. The lowest BCUT2D eigenvalue weighted by Crippen LogP contribution is -2.37. The Morgan fingerprint density at radius 3 is 2.68 bits per heavy atom. The maximum atomic E-state index is 11.7. The van der Waals surface area contributed by atoms with Gasteiger partial charge >= 0.3 is 6.01 Å². The predicted octanol–water partition coefficient (Wildman–Crippen LogP) is 0.131. The minimum Gasteiger partial charge on any atom is -0.463 e. The number of likely N-dealkylation sites (N-methyl/N-ethyl adjacent to an activating group) is 1. The fourth-order valence-corrected chi connectivity index (χ4v) is 1.34. The van der Waals surface area contributed by atoms with Crippen molar-refractivity contribution in [1.29, 1.82) is 0 Å². The molecule has 0 spiro atoms. The number of nitrogen functional groups attached to an aromatic ring is 1. The quantitative estimate of drug-likeness (QED) is 0.755. The van der Waals surface area contributed by atoms with E-state index in [9.17, 15) is 4.79 Å². The van der Waals surface area contributed by atoms with E-state index in [1.165, 1.54) is 4.90 Å². The van der Waals surface area contributed by atoms with Crippen LogP contribution in [0, 0.1) is 0 Å². The lowest BCUT2D eigenvalue weighted by Gasteiger charge is -2.18. The van der Waals surface area contributed by atoms with Crippen LogP contribution < -0.4 is 15.8 Å². The first-order chi connectivity index (χ1) is 8.93. The molecule has 1 atom stereocenters. The molecule has 3 N–H and O–H groups in total. The highest BCUT2D eigenvalue weighted by molar-refractivity contribution is 5.83. The van der Waals surface area contributed by atoms with Crippen molar-refractivity contribution >= 4 is 17.8 Å². The summed E-state index contributed by atoms with van der Waals surface area (Å²) in [6, 6.07) is -0.308. The van der Waals surface area contributed by atoms with Gasteiger partial charge in [0.2, 0.25) is 17.8 Å². The van der Waals surface area contributed by atoms with Crippen molar-refractivity contribution in [2.45, 2.75) is 26.3 Å². The third-order valence-corrected chi connectivity index (χ3v) is 2.22. The van der Waals surface area contributed by atoms with Crippen LogP contribution in [0.3, 0.4) is 0 Å². The molecule has 0 saturated carbocycles. The molecular formula is C11H20N6O2. The number of hydrogen-bond acceptors (Lipinski definition) is 7. The van der Waals surface area contributed by atoms with Gasteiger partial charge in [-0.15, -0.1) is 0 Å². The zero-order chi connectivity index (χ0) is 14.4. The van der Waals surface area contributed by atoms with Crippen molar-refractivity contribution in [3.05, 3.63) is 0 Å². The number of carbonyl (C=O) groups is 1. The molecule has 0 aliphatic carbocycles. The molecule has 0 saturated heterocycles. The second kappa shape index (κ2) is 6.72. The summed E-state index contributed by atoms with van der Waals surface area (Å²) in [6.07, 6.45) is 0.837. The average Bonchev–Trinajstić information content (AvgIpc) is 2.34. The molecule has 1 rings (SSSR count). The van der Waals surface area contributed by atoms with Crippen LogP contribution in [0.4, 0.5) is 11.9 Å². The highest BCUT2D eigenvalue weighted by Gasteiger charge is 2.16. The summed E-state index contributed by atoms with van der Waals surface area (Å²) in [6.45, 7) is 4.19. The normalized spacial score (nSPS) is 11.8. The Labute approximate surface area is 112 Å². The van der Waals surface area contributed by atoms with E-state index in [4.69, 9.17) is 10.5 Å². The van der Waals surface area contributed by atoms with Crippen molar-refractivity contribution in [2.24, 2.45) is 0 Å². The van der Waals surface area contributed by atoms with Crippen LogP contribution >= 0.6 is 0 Å². The number of carbonyl (C=O) groups excluding carboxylic acids is 1. The predicted molar refractivity (Wildman–Crippen MR) is 71.8 cm³/mol. The molecule has 0 radical (unpaired) electrons. The van der Waals surface area contributed by atoms with Gasteiger partial charge in [0.15, 0.2) is 0 Å². The van der Waals surface area contributed by atoms with Gasteiger partial charge in [-0.2, -0.15) is 15.0 Å². The number of nitrogens with one attached hydrogen (secondary N) is 1. The molecule has 8 heteroatoms. The molecule has 1 aromatic rings. The maximum Gasteiger partial charge on any atom is 0.323 e. The third-order valence-electron chi connectivity index (χ3n) is 2.22. The van der Waals surface area contributed by atoms with Crippen LogP contribution in [0.25, 0.3) is 0 Å². The summed E-state index contributed by atoms with van der Waals surface area (Å²) in [5.41, 5.74) is 5.57. The lowest BCUT2D eigenvalue weighted by molar-refractivity contribution is -0.129. The largest absolute Gasteiger partial charge is 0.463 e. The van der Waals surface area contributed by atoms with Gasteiger partial charge in [-0.05, 0) is 13.3 Å². The van der Waals surface area contributed by atoms with E-state index in [0.29, 0.717) is 6.61 Å². The van der Waals surface area contributed by atoms with Crippen LogP contribution in [-0.4, -0.2) is 52.5 Å². The zero-order valence-corrected chi connectivity index (χ0v) is 11.7. The van der Waals surface area contributed by atoms with E-state index < -0.39 is 6.04 Å². The molecule has 19 heavy (non-hydrogen) atoms. The first kappa shape index (κ1) is 14.9. The second-order valence-electron chi connectivity index (χ2n) is 4.25. The number of hydrogen-bond donors (Lipinski definition) is 2. The summed E-state index contributed by atoms with van der Waals surface area (Å²) in [7, 11) is 3.36. The van der Waals surface area contributed by atoms with Crippen molar-refractivity contribution < 1.29 is 9.53 Å². The molecule has 0 aliphatic heterocycles. The molecule has 106 valence electrons. The van der Waals surface area contributed by atoms with Crippen LogP contribution in [0.5, 0.6) is 6.01 Å². The van der Waals surface area contributed by atoms with E-state index >= 15 is 0 Å². The molecule has 0 fully saturated rings. The van der Waals surface area contributed by atoms with E-state index in [-0.39, 0.29) is 23.8 Å². The highest BCUT2D eigenvalue weighted by atomic mass is 16.5. The number of ether oxygens (including phenoxy) is 1. The molecule has 1 heterocycles. The van der Waals surface area contributed by atoms with Crippen LogP contribution in [0.2, 0.25) is 0 Å². The van der Waals surface area contributed by atoms with E-state index in [2.05, 4.69) is 20.3 Å². The number of nitrogens with zero attached hydrogens (tertiary/aromatic N) is 4. The average molecular weight is 268 g/mol. The molecule has 1 amide bonds. The molecule has 0 aliphatic rings. The third kappa shape index (κ3) is 4.57. The van der Waals surface area contributed by atoms with Gasteiger partial charge < -0.3 is 20.7 Å². The standard InChI is InChI=1S/C11H20N6O2/c1-5-6-19-11-15-9(12)14-10(16-11)13-7(2)8(18)17(3)4/h7H,5-6H2,1-4H3,(H3,12,13,14,15,16). The minimum absolute atomic E-state index is 0.0492. The number of anilines is 2. The highest BCUT2D eigenvalue weighted by Crippen LogP contribution is 2.10. The van der Waals surface area contributed by atoms with Gasteiger partial charge in [-0.25, -0.2) is 0 Å². The Kier molecular flexibility index (Phi) is 5.28. The number of nitrogens with two attached hydrogens (primary N) is 1. The van der Waals surface area contributed by atoms with E-state index in [1.807, 2.05) is 6.92 Å². The fraction of sp³-hybridized carbons (Fsp3) is 0.636. The fourth-order valence-electron chi connectivity index (χ4n) is 1.34. The molecule has 0 bridgehead atoms. The summed E-state index contributed by atoms with van der Waals surface area (Å²) in [4.78, 5) is 25.0. The number of rotatable bonds is 6. The summed E-state index contributed by atoms with van der Waals surface area (Å²) >= 11 is 0. The first-order valence-corrected chi connectivity index (χ1v) is 6.06. The van der Waals surface area contributed by atoms with Gasteiger partial charge in [0.1, 0.15) is 6.04 Å². The number of aromatic nitrogens is 3. The van der Waals surface area contributed by atoms with Crippen LogP contribution in [0.1, 0.15) is 20.3 Å². The zero-order valence-electron chi connectivity index (χ0n) is 11.7. The lowest BCUT2D eigenvalue weighted by atomic mass is 10.3. The Bertz CT molecular complexity index is 437. The van der Waals surface area contributed by atoms with Gasteiger partial charge in [0, 0.05) is 14.1 Å². The number of amides is 1. The Hall–Kier alpha value is -2.12. The van der Waals surface area contributed by atoms with Gasteiger partial charge in [-0.3, -0.25) is 4.79 Å². The monoisotopic (exact) mass is 268 g/mol. The SMILES string of the molecule is CCCOc1nc(N)nc(NC(C)C(=O)N(C)C)n1. The second-order valence-corrected chi connectivity index (χ2v) is 4.25. The smallest absolute Gasteiger partial charge is 0.323 e. The minimum atomic E-state index is -0.462. The molecule has 8 nitrogen and oxygen atoms in total. The van der Waals surface area contributed by atoms with Crippen molar-refractivity contribution in [3.8, 4) is 6.01 Å². The van der Waals surface area contributed by atoms with Crippen molar-refractivity contribution in [2.75, 3.05) is 31.8 Å². The van der Waals surface area contributed by atoms with Gasteiger partial charge in [0.25, 0.3) is 0 Å². The van der Waals surface area contributed by atoms with E-state index in [0.717, 1.165) is 6.42 Å². The molecule has 0 aromatic carbocycles. The van der Waals surface area contributed by atoms with Gasteiger partial charge in [0.05, 0.1) is 6.61 Å². The van der Waals surface area contributed by atoms with Crippen LogP contribution in [-0.2, 0) is 4.79 Å². The summed E-state index contributed by atoms with van der Waals surface area (Å²) in [5.74, 6) is 0.185. The Balaban J connectivity index is 2.77. The Morgan fingerprint density at radius 2 is 2.11 bits per heavy atom. The summed E-state index contributed by atoms with van der Waals surface area (Å²) < 4.78 is 5.29.